The van der Waals surface area contributed by atoms with Gasteiger partial charge in [-0.1, -0.05) is 12.8 Å². The number of amides is 1. The molecule has 1 amide bonds. The molecule has 0 aromatic carbocycles. The van der Waals surface area contributed by atoms with Crippen molar-refractivity contribution in [2.45, 2.75) is 20.3 Å². The van der Waals surface area contributed by atoms with E-state index in [-0.39, 0.29) is 17.6 Å². The van der Waals surface area contributed by atoms with Gasteiger partial charge in [-0.2, -0.15) is 0 Å². The predicted octanol–water partition coefficient (Wildman–Crippen LogP) is 2.71. The Bertz CT molecular complexity index is 1220. The third-order valence-corrected chi connectivity index (χ3v) is 5.02. The molecule has 1 aliphatic carbocycles. The lowest BCUT2D eigenvalue weighted by molar-refractivity contribution is -0.117. The first-order chi connectivity index (χ1) is 14.6. The van der Waals surface area contributed by atoms with Crippen molar-refractivity contribution >= 4 is 28.3 Å². The van der Waals surface area contributed by atoms with Crippen LogP contribution in [0.2, 0.25) is 0 Å². The molecule has 0 saturated heterocycles. The summed E-state index contributed by atoms with van der Waals surface area (Å²) in [5, 5.41) is 6.40. The Labute approximate surface area is 167 Å². The fourth-order valence-electron chi connectivity index (χ4n) is 3.06. The van der Waals surface area contributed by atoms with E-state index >= 15 is 0 Å². The van der Waals surface area contributed by atoms with Gasteiger partial charge < -0.3 is 15.2 Å². The molecule has 7 nitrogen and oxygen atoms in total. The van der Waals surface area contributed by atoms with Gasteiger partial charge in [-0.15, -0.1) is 0 Å². The van der Waals surface area contributed by atoms with Crippen LogP contribution in [-0.4, -0.2) is 32.4 Å². The number of anilines is 2. The minimum absolute atomic E-state index is 0.00869. The molecule has 3 aromatic rings. The maximum atomic E-state index is 12.3. The van der Waals surface area contributed by atoms with E-state index in [9.17, 15) is 4.79 Å². The highest BCUT2D eigenvalue weighted by Crippen LogP contribution is 2.38. The first kappa shape index (κ1) is 14.6. The van der Waals surface area contributed by atoms with Gasteiger partial charge in [0.15, 0.2) is 0 Å². The van der Waals surface area contributed by atoms with Crippen molar-refractivity contribution in [3.8, 4) is 11.8 Å². The second kappa shape index (κ2) is 6.97. The minimum Gasteiger partial charge on any atom is -0.373 e. The molecule has 1 fully saturated rings. The van der Waals surface area contributed by atoms with Crippen LogP contribution in [0, 0.1) is 30.6 Å². The zero-order valence-electron chi connectivity index (χ0n) is 18.9. The largest absolute Gasteiger partial charge is 0.373 e. The molecular formula is C21H22N6O. The van der Waals surface area contributed by atoms with Crippen molar-refractivity contribution in [2.75, 3.05) is 17.6 Å². The Balaban J connectivity index is 1.75. The summed E-state index contributed by atoms with van der Waals surface area (Å²) in [5.74, 6) is 7.80. The Hall–Kier alpha value is -3.40. The monoisotopic (exact) mass is 377 g/mol. The molecule has 3 heterocycles. The maximum Gasteiger partial charge on any atom is 0.228 e. The van der Waals surface area contributed by atoms with Gasteiger partial charge in [0.2, 0.25) is 5.91 Å². The number of imidazole rings is 1. The third kappa shape index (κ3) is 3.41. The Kier molecular flexibility index (Phi) is 3.64. The van der Waals surface area contributed by atoms with Crippen LogP contribution in [0.5, 0.6) is 0 Å². The van der Waals surface area contributed by atoms with Gasteiger partial charge in [-0.3, -0.25) is 4.79 Å². The number of fused-ring (bicyclic) bond motifs is 1. The summed E-state index contributed by atoms with van der Waals surface area (Å²) in [6, 6.07) is 1.69. The lowest BCUT2D eigenvalue weighted by Gasteiger charge is -2.09. The molecule has 3 aromatic heterocycles. The number of hydrogen-bond donors (Lipinski definition) is 2. The quantitative estimate of drug-likeness (QED) is 0.686. The average Bonchev–Trinajstić information content (AvgIpc) is 3.33. The van der Waals surface area contributed by atoms with Crippen molar-refractivity contribution in [3.05, 3.63) is 41.7 Å². The molecule has 7 heteroatoms. The standard InChI is InChI=1S/C21H22N6O/c1-12-7-16(12)21(28)26-19-8-17-14(5-6-15-11-27(4)13(2)25-15)9-24-20(22-3)18(17)10-23-19/h8-12,16H,7H2,1-4H3,(H,22,24)(H,23,26,28)/t12-,16+/m1/s1/i3D3. The molecule has 142 valence electrons. The summed E-state index contributed by atoms with van der Waals surface area (Å²) < 4.78 is 24.3. The molecule has 1 saturated carbocycles. The normalized spacial score (nSPS) is 19.8. The minimum atomic E-state index is -2.41. The van der Waals surface area contributed by atoms with Gasteiger partial charge in [-0.25, -0.2) is 15.0 Å². The van der Waals surface area contributed by atoms with Crippen LogP contribution >= 0.6 is 0 Å². The van der Waals surface area contributed by atoms with E-state index in [1.54, 1.807) is 6.07 Å². The van der Waals surface area contributed by atoms with Crippen molar-refractivity contribution in [1.82, 2.24) is 19.5 Å². The van der Waals surface area contributed by atoms with E-state index in [1.807, 2.05) is 31.7 Å². The molecular weight excluding hydrogens is 352 g/mol. The summed E-state index contributed by atoms with van der Waals surface area (Å²) >= 11 is 0. The van der Waals surface area contributed by atoms with Gasteiger partial charge in [0.05, 0.1) is 5.56 Å². The van der Waals surface area contributed by atoms with Crippen LogP contribution in [-0.2, 0) is 11.8 Å². The highest BCUT2D eigenvalue weighted by Gasteiger charge is 2.39. The zero-order chi connectivity index (χ0) is 22.3. The third-order valence-electron chi connectivity index (χ3n) is 5.02. The average molecular weight is 377 g/mol. The number of carbonyl (C=O) groups is 1. The molecule has 0 bridgehead atoms. The summed E-state index contributed by atoms with van der Waals surface area (Å²) in [5.41, 5.74) is 1.19. The van der Waals surface area contributed by atoms with E-state index in [1.165, 1.54) is 12.4 Å². The fraction of sp³-hybridized carbons (Fsp3) is 0.333. The lowest BCUT2D eigenvalue weighted by atomic mass is 10.1. The molecule has 0 unspecified atom stereocenters. The Morgan fingerprint density at radius 1 is 1.32 bits per heavy atom. The zero-order valence-corrected chi connectivity index (χ0v) is 15.9. The molecule has 0 spiro atoms. The molecule has 2 N–H and O–H groups in total. The number of nitrogens with one attached hydrogen (secondary N) is 2. The number of rotatable bonds is 3. The van der Waals surface area contributed by atoms with Gasteiger partial charge in [-0.05, 0) is 31.2 Å². The number of aromatic nitrogens is 4. The van der Waals surface area contributed by atoms with Crippen LogP contribution in [0.25, 0.3) is 10.8 Å². The number of nitrogens with zero attached hydrogens (tertiary/aromatic N) is 4. The summed E-state index contributed by atoms with van der Waals surface area (Å²) in [6.07, 6.45) is 5.70. The number of carbonyl (C=O) groups excluding carboxylic acids is 1. The topological polar surface area (TPSA) is 84.7 Å². The van der Waals surface area contributed by atoms with E-state index in [2.05, 4.69) is 37.4 Å². The predicted molar refractivity (Wildman–Crippen MR) is 109 cm³/mol. The molecule has 0 aliphatic heterocycles. The SMILES string of the molecule is [2H]C([2H])([2H])Nc1ncc(C#Cc2cn(C)c(C)n2)c2cc(NC(=O)[C@H]3C[C@H]3C)ncc12. The van der Waals surface area contributed by atoms with E-state index < -0.39 is 6.98 Å². The highest BCUT2D eigenvalue weighted by molar-refractivity contribution is 5.99. The summed E-state index contributed by atoms with van der Waals surface area (Å²) in [6.45, 7) is 1.51. The second-order valence-electron chi connectivity index (χ2n) is 7.10. The smallest absolute Gasteiger partial charge is 0.228 e. The highest BCUT2D eigenvalue weighted by atomic mass is 16.2. The van der Waals surface area contributed by atoms with Crippen molar-refractivity contribution in [3.63, 3.8) is 0 Å². The van der Waals surface area contributed by atoms with Gasteiger partial charge >= 0.3 is 0 Å². The van der Waals surface area contributed by atoms with Crippen LogP contribution in [0.1, 0.15) is 34.5 Å². The molecule has 28 heavy (non-hydrogen) atoms. The van der Waals surface area contributed by atoms with Crippen LogP contribution in [0.3, 0.4) is 0 Å². The fourth-order valence-corrected chi connectivity index (χ4v) is 3.06. The first-order valence-electron chi connectivity index (χ1n) is 10.5. The van der Waals surface area contributed by atoms with E-state index in [4.69, 9.17) is 4.11 Å². The Morgan fingerprint density at radius 2 is 2.14 bits per heavy atom. The number of pyridine rings is 2. The van der Waals surface area contributed by atoms with Crippen molar-refractivity contribution < 1.29 is 8.91 Å². The van der Waals surface area contributed by atoms with Crippen LogP contribution in [0.4, 0.5) is 11.6 Å². The van der Waals surface area contributed by atoms with Gasteiger partial charge in [0.25, 0.3) is 0 Å². The molecule has 0 radical (unpaired) electrons. The molecule has 1 aliphatic rings. The van der Waals surface area contributed by atoms with Crippen LogP contribution < -0.4 is 10.6 Å². The van der Waals surface area contributed by atoms with Crippen LogP contribution in [0.15, 0.2) is 24.7 Å². The Morgan fingerprint density at radius 3 is 2.82 bits per heavy atom. The number of aryl methyl sites for hydroxylation is 2. The maximum absolute atomic E-state index is 12.3. The summed E-state index contributed by atoms with van der Waals surface area (Å²) in [7, 11) is 1.89. The van der Waals surface area contributed by atoms with Gasteiger partial charge in [0.1, 0.15) is 23.2 Å². The van der Waals surface area contributed by atoms with Crippen molar-refractivity contribution in [2.24, 2.45) is 18.9 Å². The molecule has 2 atom stereocenters. The van der Waals surface area contributed by atoms with Crippen molar-refractivity contribution in [1.29, 1.82) is 0 Å². The summed E-state index contributed by atoms with van der Waals surface area (Å²) in [4.78, 5) is 25.2. The second-order valence-corrected chi connectivity index (χ2v) is 7.10. The first-order valence-corrected chi connectivity index (χ1v) is 9.00. The van der Waals surface area contributed by atoms with E-state index in [0.29, 0.717) is 33.8 Å². The van der Waals surface area contributed by atoms with Gasteiger partial charge in [0, 0.05) is 53.4 Å². The van der Waals surface area contributed by atoms with E-state index in [0.717, 1.165) is 12.2 Å². The molecule has 4 rings (SSSR count). The number of hydrogen-bond acceptors (Lipinski definition) is 5. The lowest BCUT2D eigenvalue weighted by Crippen LogP contribution is -2.15.